The van der Waals surface area contributed by atoms with Crippen LogP contribution in [0, 0.1) is 0 Å². The Balaban J connectivity index is 1.61. The summed E-state index contributed by atoms with van der Waals surface area (Å²) in [5.74, 6) is 0. The maximum Gasteiger partial charge on any atom is 0.114 e. The van der Waals surface area contributed by atoms with Crippen molar-refractivity contribution >= 4 is 34.2 Å². The van der Waals surface area contributed by atoms with Crippen LogP contribution in [0.4, 0.5) is 0 Å². The number of benzene rings is 1. The van der Waals surface area contributed by atoms with Crippen molar-refractivity contribution < 1.29 is 14.6 Å². The minimum Gasteiger partial charge on any atom is -0.389 e. The van der Waals surface area contributed by atoms with Crippen molar-refractivity contribution in [2.75, 3.05) is 19.8 Å². The number of fused-ring (bicyclic) bond motifs is 1. The molecule has 2 aromatic rings. The largest absolute Gasteiger partial charge is 0.389 e. The Labute approximate surface area is 137 Å². The number of nitrogens with zero attached hydrogens (tertiary/aromatic N) is 3. The van der Waals surface area contributed by atoms with Crippen molar-refractivity contribution in [3.05, 3.63) is 22.2 Å². The summed E-state index contributed by atoms with van der Waals surface area (Å²) in [7, 11) is 0. The van der Waals surface area contributed by atoms with E-state index in [0.29, 0.717) is 28.8 Å². The quantitative estimate of drug-likeness (QED) is 0.900. The molecule has 0 bridgehead atoms. The average Bonchev–Trinajstić information content (AvgIpc) is 2.89. The first-order valence-corrected chi connectivity index (χ1v) is 7.94. The maximum atomic E-state index is 10.1. The Morgan fingerprint density at radius 1 is 1.32 bits per heavy atom. The van der Waals surface area contributed by atoms with Crippen molar-refractivity contribution in [2.45, 2.75) is 31.6 Å². The first kappa shape index (κ1) is 16.0. The van der Waals surface area contributed by atoms with Crippen LogP contribution in [-0.4, -0.2) is 52.1 Å². The Kier molecular flexibility index (Phi) is 5.15. The van der Waals surface area contributed by atoms with Gasteiger partial charge >= 0.3 is 0 Å². The Bertz CT molecular complexity index is 644. The minimum atomic E-state index is -0.665. The number of hydrogen-bond acceptors (Lipinski definition) is 5. The second-order valence-corrected chi connectivity index (χ2v) is 6.14. The summed E-state index contributed by atoms with van der Waals surface area (Å²) in [5.41, 5.74) is 1.38. The molecule has 0 saturated carbocycles. The van der Waals surface area contributed by atoms with E-state index < -0.39 is 6.10 Å². The molecule has 1 saturated heterocycles. The zero-order valence-electron chi connectivity index (χ0n) is 11.9. The number of halogens is 2. The van der Waals surface area contributed by atoms with Crippen LogP contribution in [0.15, 0.2) is 12.1 Å². The molecule has 1 atom stereocenters. The van der Waals surface area contributed by atoms with Crippen LogP contribution in [0.2, 0.25) is 10.0 Å². The lowest BCUT2D eigenvalue weighted by atomic mass is 10.1. The molecule has 1 fully saturated rings. The number of rotatable bonds is 5. The molecule has 0 unspecified atom stereocenters. The average molecular weight is 346 g/mol. The third kappa shape index (κ3) is 3.70. The van der Waals surface area contributed by atoms with Gasteiger partial charge in [0.05, 0.1) is 40.9 Å². The van der Waals surface area contributed by atoms with Gasteiger partial charge in [-0.05, 0) is 25.0 Å². The molecule has 6 nitrogen and oxygen atoms in total. The predicted octanol–water partition coefficient (Wildman–Crippen LogP) is 2.29. The highest BCUT2D eigenvalue weighted by Gasteiger charge is 2.17. The van der Waals surface area contributed by atoms with Gasteiger partial charge in [0, 0.05) is 13.2 Å². The van der Waals surface area contributed by atoms with E-state index in [0.717, 1.165) is 18.4 Å². The van der Waals surface area contributed by atoms with Gasteiger partial charge in [-0.3, -0.25) is 0 Å². The lowest BCUT2D eigenvalue weighted by Crippen LogP contribution is -2.29. The van der Waals surface area contributed by atoms with Crippen LogP contribution < -0.4 is 0 Å². The number of ether oxygens (including phenoxy) is 2. The number of hydrogen-bond donors (Lipinski definition) is 1. The Morgan fingerprint density at radius 2 is 2.05 bits per heavy atom. The topological polar surface area (TPSA) is 69.4 Å². The highest BCUT2D eigenvalue weighted by molar-refractivity contribution is 6.42. The predicted molar refractivity (Wildman–Crippen MR) is 83.3 cm³/mol. The van der Waals surface area contributed by atoms with Crippen LogP contribution in [0.5, 0.6) is 0 Å². The van der Waals surface area contributed by atoms with Gasteiger partial charge in [-0.1, -0.05) is 28.4 Å². The summed E-state index contributed by atoms with van der Waals surface area (Å²) in [5, 5.41) is 19.1. The summed E-state index contributed by atoms with van der Waals surface area (Å²) in [4.78, 5) is 0. The number of aliphatic hydroxyl groups is 1. The second kappa shape index (κ2) is 7.10. The first-order valence-electron chi connectivity index (χ1n) is 7.19. The molecular weight excluding hydrogens is 329 g/mol. The molecule has 0 radical (unpaired) electrons. The zero-order chi connectivity index (χ0) is 15.5. The van der Waals surface area contributed by atoms with Crippen LogP contribution >= 0.6 is 23.2 Å². The molecule has 1 aromatic carbocycles. The lowest BCUT2D eigenvalue weighted by Gasteiger charge is -2.23. The molecule has 1 aliphatic heterocycles. The summed E-state index contributed by atoms with van der Waals surface area (Å²) >= 11 is 12.0. The molecule has 3 rings (SSSR count). The fourth-order valence-electron chi connectivity index (χ4n) is 2.44. The monoisotopic (exact) mass is 345 g/mol. The van der Waals surface area contributed by atoms with Crippen molar-refractivity contribution in [1.29, 1.82) is 0 Å². The van der Waals surface area contributed by atoms with Crippen LogP contribution in [0.25, 0.3) is 11.0 Å². The zero-order valence-corrected chi connectivity index (χ0v) is 13.4. The van der Waals surface area contributed by atoms with Gasteiger partial charge in [0.25, 0.3) is 0 Å². The van der Waals surface area contributed by atoms with Crippen LogP contribution in [-0.2, 0) is 16.0 Å². The van der Waals surface area contributed by atoms with E-state index in [2.05, 4.69) is 10.3 Å². The molecule has 1 N–H and O–H groups in total. The number of aromatic nitrogens is 3. The Hall–Kier alpha value is -0.920. The molecule has 8 heteroatoms. The van der Waals surface area contributed by atoms with E-state index in [4.69, 9.17) is 32.7 Å². The second-order valence-electron chi connectivity index (χ2n) is 5.33. The van der Waals surface area contributed by atoms with Crippen LogP contribution in [0.3, 0.4) is 0 Å². The maximum absolute atomic E-state index is 10.1. The van der Waals surface area contributed by atoms with E-state index in [9.17, 15) is 5.11 Å². The molecule has 22 heavy (non-hydrogen) atoms. The van der Waals surface area contributed by atoms with Crippen LogP contribution in [0.1, 0.15) is 12.8 Å². The smallest absolute Gasteiger partial charge is 0.114 e. The van der Waals surface area contributed by atoms with Gasteiger partial charge in [0.2, 0.25) is 0 Å². The summed E-state index contributed by atoms with van der Waals surface area (Å²) in [6.45, 7) is 1.98. The summed E-state index contributed by atoms with van der Waals surface area (Å²) < 4.78 is 12.6. The summed E-state index contributed by atoms with van der Waals surface area (Å²) in [6, 6.07) is 3.36. The minimum absolute atomic E-state index is 0.157. The van der Waals surface area contributed by atoms with Crippen molar-refractivity contribution in [3.8, 4) is 0 Å². The molecule has 0 spiro atoms. The fourth-order valence-corrected chi connectivity index (χ4v) is 2.76. The normalized spacial score (nSPS) is 18.0. The number of aliphatic hydroxyl groups excluding tert-OH is 1. The molecule has 0 aliphatic carbocycles. The Morgan fingerprint density at radius 3 is 2.82 bits per heavy atom. The van der Waals surface area contributed by atoms with E-state index in [1.165, 1.54) is 0 Å². The molecule has 1 aromatic heterocycles. The third-order valence-corrected chi connectivity index (χ3v) is 4.35. The molecule has 1 aliphatic rings. The van der Waals surface area contributed by atoms with Crippen molar-refractivity contribution in [2.24, 2.45) is 0 Å². The van der Waals surface area contributed by atoms with Gasteiger partial charge in [-0.15, -0.1) is 5.10 Å². The van der Waals surface area contributed by atoms with E-state index in [1.807, 2.05) is 0 Å². The van der Waals surface area contributed by atoms with Crippen molar-refractivity contribution in [1.82, 2.24) is 15.0 Å². The van der Waals surface area contributed by atoms with Gasteiger partial charge in [-0.25, -0.2) is 4.68 Å². The standard InChI is InChI=1S/C14H17Cl2N3O3/c15-11-5-13-14(6-12(11)16)19(18-17-13)7-9(20)8-22-10-1-3-21-4-2-10/h5-6,9-10,20H,1-4,7-8H2/t9-/m0/s1. The van der Waals surface area contributed by atoms with Gasteiger partial charge in [-0.2, -0.15) is 0 Å². The first-order chi connectivity index (χ1) is 10.6. The fraction of sp³-hybridized carbons (Fsp3) is 0.571. The highest BCUT2D eigenvalue weighted by atomic mass is 35.5. The van der Waals surface area contributed by atoms with Gasteiger partial charge < -0.3 is 14.6 Å². The van der Waals surface area contributed by atoms with Gasteiger partial charge in [0.15, 0.2) is 0 Å². The van der Waals surface area contributed by atoms with Gasteiger partial charge in [0.1, 0.15) is 5.52 Å². The molecule has 2 heterocycles. The molecular formula is C14H17Cl2N3O3. The SMILES string of the molecule is O[C@H](COC1CCOCC1)Cn1nnc2cc(Cl)c(Cl)cc21. The summed E-state index contributed by atoms with van der Waals surface area (Å²) in [6.07, 6.45) is 1.23. The lowest BCUT2D eigenvalue weighted by molar-refractivity contribution is -0.0621. The van der Waals surface area contributed by atoms with E-state index >= 15 is 0 Å². The van der Waals surface area contributed by atoms with E-state index in [-0.39, 0.29) is 19.3 Å². The molecule has 0 amide bonds. The highest BCUT2D eigenvalue weighted by Crippen LogP contribution is 2.26. The van der Waals surface area contributed by atoms with E-state index in [1.54, 1.807) is 16.8 Å². The molecule has 120 valence electrons. The third-order valence-electron chi connectivity index (χ3n) is 3.63. The van der Waals surface area contributed by atoms with Crippen molar-refractivity contribution in [3.63, 3.8) is 0 Å².